The zero-order valence-corrected chi connectivity index (χ0v) is 11.8. The molecule has 0 atom stereocenters. The van der Waals surface area contributed by atoms with Crippen LogP contribution >= 0.6 is 11.6 Å². The summed E-state index contributed by atoms with van der Waals surface area (Å²) in [6, 6.07) is 5.16. The minimum absolute atomic E-state index is 0.330. The molecule has 0 unspecified atom stereocenters. The largest absolute Gasteiger partial charge is 0.484 e. The Morgan fingerprint density at radius 3 is 2.89 bits per heavy atom. The van der Waals surface area contributed by atoms with Gasteiger partial charge in [0.1, 0.15) is 18.7 Å². The van der Waals surface area contributed by atoms with Gasteiger partial charge in [-0.2, -0.15) is 5.10 Å². The minimum atomic E-state index is 0.330. The number of anilines is 1. The van der Waals surface area contributed by atoms with Crippen LogP contribution in [0, 0.1) is 5.92 Å². The summed E-state index contributed by atoms with van der Waals surface area (Å²) in [5, 5.41) is 4.67. The Morgan fingerprint density at radius 2 is 2.21 bits per heavy atom. The highest BCUT2D eigenvalue weighted by molar-refractivity contribution is 6.32. The van der Waals surface area contributed by atoms with Gasteiger partial charge in [0.05, 0.1) is 5.02 Å². The van der Waals surface area contributed by atoms with E-state index in [1.54, 1.807) is 18.2 Å². The number of nitrogens with zero attached hydrogens (tertiary/aromatic N) is 3. The second-order valence-electron chi connectivity index (χ2n) is 4.73. The van der Waals surface area contributed by atoms with Crippen LogP contribution in [0.4, 0.5) is 5.69 Å². The van der Waals surface area contributed by atoms with Crippen molar-refractivity contribution in [2.24, 2.45) is 5.92 Å². The summed E-state index contributed by atoms with van der Waals surface area (Å²) in [5.41, 5.74) is 6.24. The van der Waals surface area contributed by atoms with Crippen LogP contribution in [0.5, 0.6) is 5.75 Å². The van der Waals surface area contributed by atoms with E-state index < -0.39 is 0 Å². The molecule has 2 N–H and O–H groups in total. The van der Waals surface area contributed by atoms with Gasteiger partial charge >= 0.3 is 0 Å². The van der Waals surface area contributed by atoms with E-state index in [-0.39, 0.29) is 0 Å². The van der Waals surface area contributed by atoms with Gasteiger partial charge in [-0.25, -0.2) is 9.67 Å². The first kappa shape index (κ1) is 13.7. The van der Waals surface area contributed by atoms with Crippen LogP contribution in [0.15, 0.2) is 24.5 Å². The highest BCUT2D eigenvalue weighted by Crippen LogP contribution is 2.26. The maximum absolute atomic E-state index is 6.05. The van der Waals surface area contributed by atoms with Crippen molar-refractivity contribution in [1.82, 2.24) is 14.8 Å². The molecule has 0 fully saturated rings. The normalized spacial score (nSPS) is 10.9. The summed E-state index contributed by atoms with van der Waals surface area (Å²) in [7, 11) is 0. The molecule has 0 bridgehead atoms. The number of nitrogen functional groups attached to an aromatic ring is 1. The van der Waals surface area contributed by atoms with E-state index in [1.165, 1.54) is 6.33 Å². The Hall–Kier alpha value is -1.75. The number of nitrogens with two attached hydrogens (primary N) is 1. The third-order valence-corrected chi connectivity index (χ3v) is 2.84. The molecular formula is C13H17ClN4O. The molecule has 0 aliphatic carbocycles. The fourth-order valence-electron chi connectivity index (χ4n) is 1.67. The van der Waals surface area contributed by atoms with Crippen LogP contribution in [0.1, 0.15) is 19.7 Å². The van der Waals surface area contributed by atoms with Crippen molar-refractivity contribution in [2.45, 2.75) is 27.0 Å². The summed E-state index contributed by atoms with van der Waals surface area (Å²) in [6.07, 6.45) is 1.53. The molecule has 0 amide bonds. The molecule has 19 heavy (non-hydrogen) atoms. The lowest BCUT2D eigenvalue weighted by atomic mass is 10.2. The van der Waals surface area contributed by atoms with E-state index in [9.17, 15) is 0 Å². The third kappa shape index (κ3) is 3.61. The van der Waals surface area contributed by atoms with Crippen molar-refractivity contribution < 1.29 is 4.74 Å². The quantitative estimate of drug-likeness (QED) is 0.855. The lowest BCUT2D eigenvalue weighted by Gasteiger charge is -2.10. The molecular weight excluding hydrogens is 264 g/mol. The van der Waals surface area contributed by atoms with Gasteiger partial charge in [0.25, 0.3) is 0 Å². The van der Waals surface area contributed by atoms with Crippen LogP contribution in [0.2, 0.25) is 5.02 Å². The Morgan fingerprint density at radius 1 is 1.42 bits per heavy atom. The van der Waals surface area contributed by atoms with Crippen molar-refractivity contribution in [3.63, 3.8) is 0 Å². The van der Waals surface area contributed by atoms with Crippen molar-refractivity contribution in [1.29, 1.82) is 0 Å². The van der Waals surface area contributed by atoms with Gasteiger partial charge < -0.3 is 10.5 Å². The monoisotopic (exact) mass is 280 g/mol. The zero-order chi connectivity index (χ0) is 13.8. The van der Waals surface area contributed by atoms with Gasteiger partial charge in [-0.05, 0) is 24.1 Å². The Balaban J connectivity index is 2.04. The Labute approximate surface area is 117 Å². The van der Waals surface area contributed by atoms with Gasteiger partial charge in [-0.1, -0.05) is 25.4 Å². The molecule has 5 nitrogen and oxygen atoms in total. The topological polar surface area (TPSA) is 66.0 Å². The minimum Gasteiger partial charge on any atom is -0.484 e. The fraction of sp³-hybridized carbons (Fsp3) is 0.385. The van der Waals surface area contributed by atoms with Crippen LogP contribution < -0.4 is 10.5 Å². The molecule has 0 saturated heterocycles. The highest BCUT2D eigenvalue weighted by atomic mass is 35.5. The molecule has 0 aliphatic heterocycles. The standard InChI is InChI=1S/C13H17ClN4O/c1-9(2)6-18-13(16-8-17-18)7-19-12-4-3-10(15)5-11(12)14/h3-5,8-9H,6-7,15H2,1-2H3. The predicted molar refractivity (Wildman–Crippen MR) is 75.1 cm³/mol. The first-order valence-electron chi connectivity index (χ1n) is 6.10. The number of ether oxygens (including phenoxy) is 1. The molecule has 0 saturated carbocycles. The summed E-state index contributed by atoms with van der Waals surface area (Å²) >= 11 is 6.05. The van der Waals surface area contributed by atoms with Gasteiger partial charge in [0.2, 0.25) is 0 Å². The van der Waals surface area contributed by atoms with E-state index in [1.807, 2.05) is 4.68 Å². The molecule has 2 aromatic rings. The van der Waals surface area contributed by atoms with Gasteiger partial charge in [0, 0.05) is 12.2 Å². The van der Waals surface area contributed by atoms with Gasteiger partial charge in [0.15, 0.2) is 5.82 Å². The van der Waals surface area contributed by atoms with Crippen molar-refractivity contribution in [3.05, 3.63) is 35.4 Å². The lowest BCUT2D eigenvalue weighted by Crippen LogP contribution is -2.12. The number of benzene rings is 1. The summed E-state index contributed by atoms with van der Waals surface area (Å²) in [6.45, 7) is 5.40. The molecule has 0 aliphatic rings. The summed E-state index contributed by atoms with van der Waals surface area (Å²) < 4.78 is 7.49. The van der Waals surface area contributed by atoms with Crippen LogP contribution in [0.25, 0.3) is 0 Å². The SMILES string of the molecule is CC(C)Cn1ncnc1COc1ccc(N)cc1Cl. The van der Waals surface area contributed by atoms with E-state index in [0.717, 1.165) is 12.4 Å². The van der Waals surface area contributed by atoms with Crippen LogP contribution in [-0.2, 0) is 13.2 Å². The molecule has 1 aromatic carbocycles. The maximum Gasteiger partial charge on any atom is 0.164 e. The summed E-state index contributed by atoms with van der Waals surface area (Å²) in [4.78, 5) is 4.19. The highest BCUT2D eigenvalue weighted by Gasteiger charge is 2.08. The second kappa shape index (κ2) is 5.93. The van der Waals surface area contributed by atoms with Gasteiger partial charge in [-0.3, -0.25) is 0 Å². The average Bonchev–Trinajstić information content (AvgIpc) is 2.74. The number of halogens is 1. The first-order valence-corrected chi connectivity index (χ1v) is 6.48. The molecule has 0 radical (unpaired) electrons. The molecule has 2 rings (SSSR count). The molecule has 1 aromatic heterocycles. The maximum atomic E-state index is 6.05. The second-order valence-corrected chi connectivity index (χ2v) is 5.14. The number of rotatable bonds is 5. The molecule has 0 spiro atoms. The average molecular weight is 281 g/mol. The predicted octanol–water partition coefficient (Wildman–Crippen LogP) is 2.75. The van der Waals surface area contributed by atoms with Gasteiger partial charge in [-0.15, -0.1) is 0 Å². The third-order valence-electron chi connectivity index (χ3n) is 2.55. The van der Waals surface area contributed by atoms with E-state index in [0.29, 0.717) is 29.0 Å². The van der Waals surface area contributed by atoms with Crippen LogP contribution in [-0.4, -0.2) is 14.8 Å². The smallest absolute Gasteiger partial charge is 0.164 e. The molecule has 1 heterocycles. The fourth-order valence-corrected chi connectivity index (χ4v) is 1.92. The Bertz CT molecular complexity index is 553. The van der Waals surface area contributed by atoms with E-state index in [4.69, 9.17) is 22.1 Å². The summed E-state index contributed by atoms with van der Waals surface area (Å²) in [5.74, 6) is 1.87. The van der Waals surface area contributed by atoms with Crippen LogP contribution in [0.3, 0.4) is 0 Å². The number of hydrogen-bond acceptors (Lipinski definition) is 4. The molecule has 6 heteroatoms. The van der Waals surface area contributed by atoms with Crippen molar-refractivity contribution >= 4 is 17.3 Å². The van der Waals surface area contributed by atoms with Crippen molar-refractivity contribution in [2.75, 3.05) is 5.73 Å². The lowest BCUT2D eigenvalue weighted by molar-refractivity contribution is 0.283. The van der Waals surface area contributed by atoms with Crippen molar-refractivity contribution in [3.8, 4) is 5.75 Å². The van der Waals surface area contributed by atoms with E-state index >= 15 is 0 Å². The number of aromatic nitrogens is 3. The zero-order valence-electron chi connectivity index (χ0n) is 11.0. The first-order chi connectivity index (χ1) is 9.06. The number of hydrogen-bond donors (Lipinski definition) is 1. The van der Waals surface area contributed by atoms with E-state index in [2.05, 4.69) is 23.9 Å². The Kier molecular flexibility index (Phi) is 4.27. The molecule has 102 valence electrons.